The Labute approximate surface area is 192 Å². The number of esters is 1. The minimum atomic E-state index is -0.605. The molecule has 168 valence electrons. The summed E-state index contributed by atoms with van der Waals surface area (Å²) in [5, 5.41) is 10.2. The third-order valence-electron chi connectivity index (χ3n) is 5.29. The second-order valence-electron chi connectivity index (χ2n) is 7.55. The van der Waals surface area contributed by atoms with Crippen LogP contribution in [0.4, 0.5) is 0 Å². The monoisotopic (exact) mass is 443 g/mol. The van der Waals surface area contributed by atoms with Crippen LogP contribution < -0.4 is 0 Å². The van der Waals surface area contributed by atoms with Gasteiger partial charge in [-0.05, 0) is 36.4 Å². The molecule has 4 rings (SSSR count). The standard InChI is InChI=1S/C25H25N5O3/c1-33-25(32)23(14-21-17-30(18-28-21)22-10-2-3-11-24(22)31)29(15-19-8-4-6-12-26-19)16-20-9-5-7-13-27-20/h2-13,17-18,23,31H,14-16H2,1H3/t23-/m0/s1. The van der Waals surface area contributed by atoms with Gasteiger partial charge in [0.2, 0.25) is 0 Å². The van der Waals surface area contributed by atoms with E-state index in [1.54, 1.807) is 41.5 Å². The highest BCUT2D eigenvalue weighted by molar-refractivity contribution is 5.76. The van der Waals surface area contributed by atoms with Gasteiger partial charge < -0.3 is 14.4 Å². The minimum Gasteiger partial charge on any atom is -0.506 e. The molecule has 0 saturated carbocycles. The van der Waals surface area contributed by atoms with E-state index in [0.717, 1.165) is 11.4 Å². The van der Waals surface area contributed by atoms with Gasteiger partial charge in [-0.15, -0.1) is 0 Å². The molecule has 0 aliphatic rings. The second-order valence-corrected chi connectivity index (χ2v) is 7.55. The van der Waals surface area contributed by atoms with E-state index in [1.165, 1.54) is 7.11 Å². The molecule has 1 N–H and O–H groups in total. The molecule has 0 aliphatic heterocycles. The minimum absolute atomic E-state index is 0.151. The zero-order chi connectivity index (χ0) is 23.0. The van der Waals surface area contributed by atoms with Gasteiger partial charge in [-0.3, -0.25) is 19.7 Å². The first-order valence-corrected chi connectivity index (χ1v) is 10.6. The van der Waals surface area contributed by atoms with Gasteiger partial charge in [0.05, 0.1) is 36.2 Å². The van der Waals surface area contributed by atoms with Crippen molar-refractivity contribution in [3.05, 3.63) is 103 Å². The average molecular weight is 444 g/mol. The highest BCUT2D eigenvalue weighted by Crippen LogP contribution is 2.22. The predicted octanol–water partition coefficient (Wildman–Crippen LogP) is 3.15. The molecule has 0 radical (unpaired) electrons. The number of rotatable bonds is 9. The van der Waals surface area contributed by atoms with Crippen LogP contribution in [-0.4, -0.2) is 48.6 Å². The lowest BCUT2D eigenvalue weighted by atomic mass is 10.1. The van der Waals surface area contributed by atoms with Crippen molar-refractivity contribution in [2.45, 2.75) is 25.6 Å². The van der Waals surface area contributed by atoms with Crippen LogP contribution >= 0.6 is 0 Å². The maximum Gasteiger partial charge on any atom is 0.323 e. The Morgan fingerprint density at radius 3 is 2.15 bits per heavy atom. The number of nitrogens with zero attached hydrogens (tertiary/aromatic N) is 5. The number of benzene rings is 1. The van der Waals surface area contributed by atoms with Crippen molar-refractivity contribution in [3.8, 4) is 11.4 Å². The molecule has 0 saturated heterocycles. The topological polar surface area (TPSA) is 93.4 Å². The van der Waals surface area contributed by atoms with Gasteiger partial charge in [0, 0.05) is 38.1 Å². The van der Waals surface area contributed by atoms with Gasteiger partial charge >= 0.3 is 5.97 Å². The first kappa shape index (κ1) is 22.2. The van der Waals surface area contributed by atoms with E-state index in [2.05, 4.69) is 15.0 Å². The number of carbonyl (C=O) groups is 1. The van der Waals surface area contributed by atoms with Crippen LogP contribution in [0.2, 0.25) is 0 Å². The van der Waals surface area contributed by atoms with Crippen molar-refractivity contribution in [1.29, 1.82) is 0 Å². The molecule has 0 amide bonds. The van der Waals surface area contributed by atoms with E-state index in [4.69, 9.17) is 4.74 Å². The normalized spacial score (nSPS) is 11.9. The molecule has 0 spiro atoms. The van der Waals surface area contributed by atoms with Gasteiger partial charge in [0.15, 0.2) is 0 Å². The second kappa shape index (κ2) is 10.5. The molecule has 0 bridgehead atoms. The summed E-state index contributed by atoms with van der Waals surface area (Å²) in [5.74, 6) is -0.211. The largest absolute Gasteiger partial charge is 0.506 e. The average Bonchev–Trinajstić information content (AvgIpc) is 3.32. The van der Waals surface area contributed by atoms with Gasteiger partial charge in [-0.25, -0.2) is 4.98 Å². The van der Waals surface area contributed by atoms with Gasteiger partial charge in [-0.2, -0.15) is 0 Å². The summed E-state index contributed by atoms with van der Waals surface area (Å²) in [6.07, 6.45) is 7.23. The fourth-order valence-electron chi connectivity index (χ4n) is 3.65. The summed E-state index contributed by atoms with van der Waals surface area (Å²) in [6, 6.07) is 17.8. The predicted molar refractivity (Wildman–Crippen MR) is 122 cm³/mol. The molecule has 8 nitrogen and oxygen atoms in total. The Hall–Kier alpha value is -4.04. The number of hydrogen-bond acceptors (Lipinski definition) is 7. The molecular weight excluding hydrogens is 418 g/mol. The summed E-state index contributed by atoms with van der Waals surface area (Å²) in [6.45, 7) is 0.884. The Balaban J connectivity index is 1.62. The van der Waals surface area contributed by atoms with Crippen molar-refractivity contribution < 1.29 is 14.6 Å². The van der Waals surface area contributed by atoms with Gasteiger partial charge in [0.25, 0.3) is 0 Å². The Morgan fingerprint density at radius 2 is 1.58 bits per heavy atom. The van der Waals surface area contributed by atoms with E-state index in [0.29, 0.717) is 30.9 Å². The summed E-state index contributed by atoms with van der Waals surface area (Å²) >= 11 is 0. The number of aromatic hydroxyl groups is 1. The lowest BCUT2D eigenvalue weighted by molar-refractivity contribution is -0.147. The van der Waals surface area contributed by atoms with Crippen LogP contribution in [0.15, 0.2) is 85.6 Å². The molecular formula is C25H25N5O3. The maximum atomic E-state index is 12.9. The number of methoxy groups -OCH3 is 1. The maximum absolute atomic E-state index is 12.9. The Morgan fingerprint density at radius 1 is 0.939 bits per heavy atom. The van der Waals surface area contributed by atoms with Crippen LogP contribution in [0.1, 0.15) is 17.1 Å². The summed E-state index contributed by atoms with van der Waals surface area (Å²) in [7, 11) is 1.38. The van der Waals surface area contributed by atoms with Crippen molar-refractivity contribution >= 4 is 5.97 Å². The van der Waals surface area contributed by atoms with E-state index >= 15 is 0 Å². The number of imidazole rings is 1. The SMILES string of the molecule is COC(=O)[C@H](Cc1cn(-c2ccccc2O)cn1)N(Cc1ccccn1)Cc1ccccn1. The molecule has 0 aliphatic carbocycles. The van der Waals surface area contributed by atoms with Gasteiger partial charge in [0.1, 0.15) is 11.8 Å². The van der Waals surface area contributed by atoms with Crippen LogP contribution in [0.3, 0.4) is 0 Å². The third-order valence-corrected chi connectivity index (χ3v) is 5.29. The summed E-state index contributed by atoms with van der Waals surface area (Å²) in [5.41, 5.74) is 2.98. The van der Waals surface area contributed by atoms with Crippen molar-refractivity contribution in [1.82, 2.24) is 24.4 Å². The van der Waals surface area contributed by atoms with Crippen molar-refractivity contribution in [3.63, 3.8) is 0 Å². The van der Waals surface area contributed by atoms with E-state index in [1.807, 2.05) is 53.6 Å². The molecule has 4 aromatic rings. The number of para-hydroxylation sites is 2. The van der Waals surface area contributed by atoms with Crippen molar-refractivity contribution in [2.75, 3.05) is 7.11 Å². The molecule has 3 aromatic heterocycles. The van der Waals surface area contributed by atoms with Crippen LogP contribution in [0.5, 0.6) is 5.75 Å². The van der Waals surface area contributed by atoms with Gasteiger partial charge in [-0.1, -0.05) is 24.3 Å². The molecule has 8 heteroatoms. The first-order valence-electron chi connectivity index (χ1n) is 10.6. The number of aromatic nitrogens is 4. The fourth-order valence-corrected chi connectivity index (χ4v) is 3.65. The molecule has 1 atom stereocenters. The lowest BCUT2D eigenvalue weighted by Gasteiger charge is -2.29. The van der Waals surface area contributed by atoms with Crippen molar-refractivity contribution in [2.24, 2.45) is 0 Å². The third kappa shape index (κ3) is 5.61. The highest BCUT2D eigenvalue weighted by atomic mass is 16.5. The Kier molecular flexibility index (Phi) is 7.06. The molecule has 0 fully saturated rings. The van der Waals surface area contributed by atoms with Crippen LogP contribution in [-0.2, 0) is 29.0 Å². The van der Waals surface area contributed by atoms with Crippen LogP contribution in [0, 0.1) is 0 Å². The van der Waals surface area contributed by atoms with Crippen LogP contribution in [0.25, 0.3) is 5.69 Å². The molecule has 3 heterocycles. The quantitative estimate of drug-likeness (QED) is 0.397. The van der Waals surface area contributed by atoms with E-state index < -0.39 is 6.04 Å². The fraction of sp³-hybridized carbons (Fsp3) is 0.200. The Bertz CT molecular complexity index is 1140. The number of ether oxygens (including phenoxy) is 1. The number of pyridine rings is 2. The van der Waals surface area contributed by atoms with E-state index in [9.17, 15) is 9.90 Å². The smallest absolute Gasteiger partial charge is 0.323 e. The number of phenolic OH excluding ortho intramolecular Hbond substituents is 1. The number of carbonyl (C=O) groups excluding carboxylic acids is 1. The first-order chi connectivity index (χ1) is 16.1. The lowest BCUT2D eigenvalue weighted by Crippen LogP contribution is -2.43. The van der Waals surface area contributed by atoms with E-state index in [-0.39, 0.29) is 11.7 Å². The number of phenols is 1. The zero-order valence-corrected chi connectivity index (χ0v) is 18.3. The molecule has 33 heavy (non-hydrogen) atoms. The highest BCUT2D eigenvalue weighted by Gasteiger charge is 2.29. The number of hydrogen-bond donors (Lipinski definition) is 1. The molecule has 1 aromatic carbocycles. The molecule has 0 unspecified atom stereocenters. The summed E-state index contributed by atoms with van der Waals surface area (Å²) in [4.78, 5) is 28.2. The summed E-state index contributed by atoms with van der Waals surface area (Å²) < 4.78 is 6.89. The zero-order valence-electron chi connectivity index (χ0n) is 18.3.